The summed E-state index contributed by atoms with van der Waals surface area (Å²) in [5, 5.41) is 2.67. The van der Waals surface area contributed by atoms with Gasteiger partial charge in [-0.15, -0.1) is 0 Å². The van der Waals surface area contributed by atoms with Gasteiger partial charge in [-0.2, -0.15) is 4.31 Å². The summed E-state index contributed by atoms with van der Waals surface area (Å²) in [7, 11) is -3.83. The van der Waals surface area contributed by atoms with Crippen LogP contribution in [0.5, 0.6) is 0 Å². The summed E-state index contributed by atoms with van der Waals surface area (Å²) in [4.78, 5) is 12.0. The van der Waals surface area contributed by atoms with E-state index in [0.717, 1.165) is 0 Å². The molecule has 1 fully saturated rings. The molecular weight excluding hydrogens is 295 g/mol. The molecule has 0 bridgehead atoms. The van der Waals surface area contributed by atoms with Crippen molar-refractivity contribution in [1.29, 1.82) is 0 Å². The Balaban J connectivity index is 2.54. The molecule has 7 heteroatoms. The van der Waals surface area contributed by atoms with Crippen molar-refractivity contribution in [1.82, 2.24) is 9.62 Å². The smallest absolute Gasteiger partial charge is 0.244 e. The van der Waals surface area contributed by atoms with Crippen molar-refractivity contribution in [3.8, 4) is 0 Å². The lowest BCUT2D eigenvalue weighted by Crippen LogP contribution is -2.56. The van der Waals surface area contributed by atoms with Crippen LogP contribution in [-0.4, -0.2) is 37.8 Å². The molecule has 2 rings (SSSR count). The van der Waals surface area contributed by atoms with Crippen molar-refractivity contribution in [2.24, 2.45) is 0 Å². The van der Waals surface area contributed by atoms with E-state index >= 15 is 0 Å². The molecule has 1 aliphatic rings. The first-order chi connectivity index (χ1) is 9.78. The van der Waals surface area contributed by atoms with Gasteiger partial charge in [-0.3, -0.25) is 4.79 Å². The normalized spacial score (nSPS) is 20.4. The lowest BCUT2D eigenvalue weighted by molar-refractivity contribution is -0.126. The van der Waals surface area contributed by atoms with Crippen molar-refractivity contribution in [3.63, 3.8) is 0 Å². The van der Waals surface area contributed by atoms with Gasteiger partial charge in [-0.1, -0.05) is 6.92 Å². The number of aryl methyl sites for hydroxylation is 2. The van der Waals surface area contributed by atoms with Gasteiger partial charge in [0.05, 0.1) is 4.90 Å². The molecule has 1 heterocycles. The first-order valence-corrected chi connectivity index (χ1v) is 8.29. The molecular formula is C14H19FN2O3S. The van der Waals surface area contributed by atoms with Crippen LogP contribution in [0, 0.1) is 19.7 Å². The van der Waals surface area contributed by atoms with E-state index in [1.54, 1.807) is 20.8 Å². The number of benzene rings is 1. The standard InChI is InChI=1S/C14H19FN2O3S/c1-4-12-14(18)16-5-6-17(12)21(19,20)13-9(2)7-11(15)8-10(13)3/h7-8,12H,4-6H2,1-3H3,(H,16,18). The molecule has 1 saturated heterocycles. The zero-order valence-electron chi connectivity index (χ0n) is 12.3. The second-order valence-corrected chi connectivity index (χ2v) is 7.03. The van der Waals surface area contributed by atoms with E-state index < -0.39 is 21.9 Å². The van der Waals surface area contributed by atoms with Crippen molar-refractivity contribution >= 4 is 15.9 Å². The Labute approximate surface area is 124 Å². The summed E-state index contributed by atoms with van der Waals surface area (Å²) >= 11 is 0. The third kappa shape index (κ3) is 2.80. The summed E-state index contributed by atoms with van der Waals surface area (Å²) in [5.41, 5.74) is 0.710. The third-order valence-corrected chi connectivity index (χ3v) is 5.87. The molecule has 5 nitrogen and oxygen atoms in total. The minimum atomic E-state index is -3.83. The zero-order chi connectivity index (χ0) is 15.8. The predicted molar refractivity (Wildman–Crippen MR) is 76.9 cm³/mol. The minimum Gasteiger partial charge on any atom is -0.353 e. The molecule has 1 aromatic rings. The number of carbonyl (C=O) groups is 1. The highest BCUT2D eigenvalue weighted by molar-refractivity contribution is 7.89. The number of carbonyl (C=O) groups excluding carboxylic acids is 1. The molecule has 0 spiro atoms. The van der Waals surface area contributed by atoms with Gasteiger partial charge < -0.3 is 5.32 Å². The number of sulfonamides is 1. The highest BCUT2D eigenvalue weighted by atomic mass is 32.2. The maximum atomic E-state index is 13.4. The van der Waals surface area contributed by atoms with E-state index in [-0.39, 0.29) is 23.9 Å². The van der Waals surface area contributed by atoms with Crippen molar-refractivity contribution in [3.05, 3.63) is 29.1 Å². The van der Waals surface area contributed by atoms with Crippen molar-refractivity contribution < 1.29 is 17.6 Å². The quantitative estimate of drug-likeness (QED) is 0.915. The molecule has 0 radical (unpaired) electrons. The number of halogens is 1. The molecule has 1 aromatic carbocycles. The van der Waals surface area contributed by atoms with Gasteiger partial charge in [0.15, 0.2) is 0 Å². The largest absolute Gasteiger partial charge is 0.353 e. The molecule has 116 valence electrons. The van der Waals surface area contributed by atoms with Crippen molar-refractivity contribution in [2.45, 2.75) is 38.1 Å². The molecule has 1 N–H and O–H groups in total. The summed E-state index contributed by atoms with van der Waals surface area (Å²) in [6.45, 7) is 5.40. The van der Waals surface area contributed by atoms with Gasteiger partial charge in [-0.25, -0.2) is 12.8 Å². The molecule has 1 unspecified atom stereocenters. The Morgan fingerprint density at radius 2 is 1.90 bits per heavy atom. The Bertz CT molecular complexity index is 650. The summed E-state index contributed by atoms with van der Waals surface area (Å²) in [6, 6.07) is 1.68. The fourth-order valence-electron chi connectivity index (χ4n) is 2.79. The van der Waals surface area contributed by atoms with E-state index in [1.165, 1.54) is 16.4 Å². The van der Waals surface area contributed by atoms with E-state index in [9.17, 15) is 17.6 Å². The third-order valence-electron chi connectivity index (χ3n) is 3.66. The van der Waals surface area contributed by atoms with E-state index in [1.807, 2.05) is 0 Å². The average molecular weight is 314 g/mol. The fourth-order valence-corrected chi connectivity index (χ4v) is 4.87. The SMILES string of the molecule is CCC1C(=O)NCCN1S(=O)(=O)c1c(C)cc(F)cc1C. The van der Waals surface area contributed by atoms with E-state index in [4.69, 9.17) is 0 Å². The molecule has 0 aromatic heterocycles. The Morgan fingerprint density at radius 3 is 2.43 bits per heavy atom. The Kier molecular flexibility index (Phi) is 4.34. The minimum absolute atomic E-state index is 0.0945. The van der Waals surface area contributed by atoms with Crippen LogP contribution in [-0.2, 0) is 14.8 Å². The number of hydrogen-bond donors (Lipinski definition) is 1. The highest BCUT2D eigenvalue weighted by Crippen LogP contribution is 2.27. The molecule has 0 saturated carbocycles. The number of hydrogen-bond acceptors (Lipinski definition) is 3. The van der Waals surface area contributed by atoms with Gasteiger partial charge in [0, 0.05) is 13.1 Å². The number of nitrogens with zero attached hydrogens (tertiary/aromatic N) is 1. The lowest BCUT2D eigenvalue weighted by atomic mass is 10.1. The Morgan fingerprint density at radius 1 is 1.33 bits per heavy atom. The number of piperazine rings is 1. The number of rotatable bonds is 3. The monoisotopic (exact) mass is 314 g/mol. The van der Waals surface area contributed by atoms with Crippen LogP contribution in [0.15, 0.2) is 17.0 Å². The molecule has 1 aliphatic heterocycles. The highest BCUT2D eigenvalue weighted by Gasteiger charge is 2.38. The summed E-state index contributed by atoms with van der Waals surface area (Å²) in [5.74, 6) is -0.753. The van der Waals surface area contributed by atoms with Crippen LogP contribution in [0.1, 0.15) is 24.5 Å². The topological polar surface area (TPSA) is 66.5 Å². The molecule has 21 heavy (non-hydrogen) atoms. The van der Waals surface area contributed by atoms with Crippen LogP contribution in [0.25, 0.3) is 0 Å². The van der Waals surface area contributed by atoms with E-state index in [0.29, 0.717) is 17.5 Å². The maximum absolute atomic E-state index is 13.4. The van der Waals surface area contributed by atoms with Gasteiger partial charge in [0.2, 0.25) is 15.9 Å². The predicted octanol–water partition coefficient (Wildman–Crippen LogP) is 1.34. The van der Waals surface area contributed by atoms with Crippen LogP contribution in [0.3, 0.4) is 0 Å². The first kappa shape index (κ1) is 15.9. The van der Waals surface area contributed by atoms with Crippen LogP contribution in [0.2, 0.25) is 0 Å². The lowest BCUT2D eigenvalue weighted by Gasteiger charge is -2.34. The maximum Gasteiger partial charge on any atom is 0.244 e. The number of amides is 1. The molecule has 1 atom stereocenters. The second kappa shape index (κ2) is 5.73. The van der Waals surface area contributed by atoms with Crippen LogP contribution in [0.4, 0.5) is 4.39 Å². The fraction of sp³-hybridized carbons (Fsp3) is 0.500. The van der Waals surface area contributed by atoms with Gasteiger partial charge in [-0.05, 0) is 43.5 Å². The second-order valence-electron chi connectivity index (χ2n) is 5.20. The molecule has 1 amide bonds. The van der Waals surface area contributed by atoms with Crippen LogP contribution >= 0.6 is 0 Å². The summed E-state index contributed by atoms with van der Waals surface area (Å²) in [6.07, 6.45) is 0.393. The Hall–Kier alpha value is -1.47. The number of nitrogens with one attached hydrogen (secondary N) is 1. The van der Waals surface area contributed by atoms with Crippen molar-refractivity contribution in [2.75, 3.05) is 13.1 Å². The van der Waals surface area contributed by atoms with Gasteiger partial charge in [0.1, 0.15) is 11.9 Å². The van der Waals surface area contributed by atoms with Gasteiger partial charge >= 0.3 is 0 Å². The van der Waals surface area contributed by atoms with Crippen LogP contribution < -0.4 is 5.32 Å². The first-order valence-electron chi connectivity index (χ1n) is 6.85. The zero-order valence-corrected chi connectivity index (χ0v) is 13.1. The summed E-state index contributed by atoms with van der Waals surface area (Å²) < 4.78 is 40.3. The molecule has 0 aliphatic carbocycles. The average Bonchev–Trinajstić information content (AvgIpc) is 2.36. The van der Waals surface area contributed by atoms with Gasteiger partial charge in [0.25, 0.3) is 0 Å². The van der Waals surface area contributed by atoms with E-state index in [2.05, 4.69) is 5.32 Å².